The Morgan fingerprint density at radius 3 is 2.35 bits per heavy atom. The van der Waals surface area contributed by atoms with E-state index in [1.54, 1.807) is 21.1 Å². The fourth-order valence-electron chi connectivity index (χ4n) is 7.13. The second kappa shape index (κ2) is 14.3. The molecule has 0 bridgehead atoms. The predicted octanol–water partition coefficient (Wildman–Crippen LogP) is 4.80. The summed E-state index contributed by atoms with van der Waals surface area (Å²) in [5.41, 5.74) is 4.85. The lowest BCUT2D eigenvalue weighted by Crippen LogP contribution is -2.56. The maximum Gasteiger partial charge on any atom is 0.418 e. The first kappa shape index (κ1) is 34.6. The van der Waals surface area contributed by atoms with Gasteiger partial charge in [-0.2, -0.15) is 13.2 Å². The van der Waals surface area contributed by atoms with Crippen LogP contribution in [-0.2, 0) is 28.7 Å². The second-order valence-electron chi connectivity index (χ2n) is 13.0. The number of hydrogen-bond acceptors (Lipinski definition) is 8. The molecule has 4 amide bonds. The molecule has 11 nitrogen and oxygen atoms in total. The lowest BCUT2D eigenvalue weighted by Gasteiger charge is -2.43. The normalized spacial score (nSPS) is 21.2. The SMILES string of the molecule is CN1CCC(N2CCN(C(=O)[C@@H](Cc3cc(Cl)c(N)c(C(F)(F)F)c3)OC(=O)N3CCC(N4Cc5sccc5NC4=O)CC3)CC2)CC1. The van der Waals surface area contributed by atoms with Crippen molar-refractivity contribution in [2.75, 3.05) is 70.5 Å². The number of thiophene rings is 1. The number of nitrogens with zero attached hydrogens (tertiary/aromatic N) is 5. The molecular formula is C32H41ClF3N7O4S. The lowest BCUT2D eigenvalue weighted by atomic mass is 10.0. The third kappa shape index (κ3) is 7.63. The molecule has 4 aliphatic heterocycles. The van der Waals surface area contributed by atoms with Crippen LogP contribution in [0.2, 0.25) is 5.02 Å². The molecule has 5 heterocycles. The van der Waals surface area contributed by atoms with Crippen LogP contribution in [-0.4, -0.2) is 120 Å². The topological polar surface area (TPSA) is 115 Å². The molecule has 3 fully saturated rings. The van der Waals surface area contributed by atoms with Gasteiger partial charge in [0.15, 0.2) is 6.10 Å². The zero-order valence-electron chi connectivity index (χ0n) is 26.8. The van der Waals surface area contributed by atoms with E-state index in [2.05, 4.69) is 22.2 Å². The molecule has 0 saturated carbocycles. The van der Waals surface area contributed by atoms with Crippen molar-refractivity contribution in [1.29, 1.82) is 0 Å². The number of hydrogen-bond donors (Lipinski definition) is 2. The average molecular weight is 712 g/mol. The van der Waals surface area contributed by atoms with E-state index in [4.69, 9.17) is 22.1 Å². The van der Waals surface area contributed by atoms with Crippen LogP contribution in [0.15, 0.2) is 23.6 Å². The lowest BCUT2D eigenvalue weighted by molar-refractivity contribution is -0.143. The first-order valence-electron chi connectivity index (χ1n) is 16.3. The highest BCUT2D eigenvalue weighted by atomic mass is 35.5. The quantitative estimate of drug-likeness (QED) is 0.414. The van der Waals surface area contributed by atoms with Crippen LogP contribution < -0.4 is 11.1 Å². The van der Waals surface area contributed by atoms with Gasteiger partial charge in [0, 0.05) is 62.7 Å². The molecule has 6 rings (SSSR count). The van der Waals surface area contributed by atoms with Gasteiger partial charge in [-0.05, 0) is 75.0 Å². The fourth-order valence-corrected chi connectivity index (χ4v) is 8.20. The Hall–Kier alpha value is -3.27. The average Bonchev–Trinajstić information content (AvgIpc) is 3.52. The third-order valence-corrected chi connectivity index (χ3v) is 11.2. The molecule has 1 aromatic carbocycles. The molecular weight excluding hydrogens is 671 g/mol. The van der Waals surface area contributed by atoms with Gasteiger partial charge in [0.1, 0.15) is 0 Å². The number of amides is 4. The number of likely N-dealkylation sites (tertiary alicyclic amines) is 2. The summed E-state index contributed by atoms with van der Waals surface area (Å²) in [4.78, 5) is 50.8. The van der Waals surface area contributed by atoms with E-state index in [0.29, 0.717) is 64.7 Å². The molecule has 3 N–H and O–H groups in total. The Balaban J connectivity index is 1.13. The monoisotopic (exact) mass is 711 g/mol. The Morgan fingerprint density at radius 2 is 1.69 bits per heavy atom. The number of alkyl halides is 3. The Bertz CT molecular complexity index is 1500. The van der Waals surface area contributed by atoms with E-state index in [0.717, 1.165) is 42.6 Å². The number of carbonyl (C=O) groups is 3. The molecule has 0 aliphatic carbocycles. The number of urea groups is 1. The molecule has 0 spiro atoms. The number of rotatable bonds is 6. The highest BCUT2D eigenvalue weighted by molar-refractivity contribution is 7.10. The largest absolute Gasteiger partial charge is 0.436 e. The van der Waals surface area contributed by atoms with Gasteiger partial charge in [-0.3, -0.25) is 9.69 Å². The van der Waals surface area contributed by atoms with Crippen molar-refractivity contribution in [1.82, 2.24) is 24.5 Å². The molecule has 262 valence electrons. The summed E-state index contributed by atoms with van der Waals surface area (Å²) in [6, 6.07) is 4.21. The standard InChI is InChI=1S/C32H41ClF3N7O4S/c1-39-7-2-21(3-8-39)40-11-13-41(14-12-40)29(44)26(18-20-16-23(32(34,35)36)28(37)24(33)17-20)47-31(46)42-9-4-22(5-10-42)43-19-27-25(6-15-48-27)38-30(43)45/h6,15-17,21-22,26H,2-5,7-14,18-19,37H2,1H3,(H,38,45)/t26-/m1/s1. The van der Waals surface area contributed by atoms with Crippen LogP contribution >= 0.6 is 22.9 Å². The number of piperazine rings is 1. The first-order valence-corrected chi connectivity index (χ1v) is 17.6. The number of nitrogens with two attached hydrogens (primary N) is 1. The van der Waals surface area contributed by atoms with Gasteiger partial charge in [-0.15, -0.1) is 11.3 Å². The highest BCUT2D eigenvalue weighted by Gasteiger charge is 2.38. The maximum absolute atomic E-state index is 13.9. The minimum absolute atomic E-state index is 0.0831. The number of benzene rings is 1. The van der Waals surface area contributed by atoms with E-state index in [1.807, 2.05) is 11.4 Å². The minimum atomic E-state index is -4.76. The first-order chi connectivity index (χ1) is 22.9. The van der Waals surface area contributed by atoms with Crippen molar-refractivity contribution in [3.8, 4) is 0 Å². The number of halogens is 4. The molecule has 2 aromatic rings. The molecule has 1 atom stereocenters. The Kier molecular flexibility index (Phi) is 10.3. The summed E-state index contributed by atoms with van der Waals surface area (Å²) < 4.78 is 47.1. The van der Waals surface area contributed by atoms with Crippen molar-refractivity contribution in [3.05, 3.63) is 44.6 Å². The summed E-state index contributed by atoms with van der Waals surface area (Å²) in [5, 5.41) is 4.56. The van der Waals surface area contributed by atoms with Crippen molar-refractivity contribution in [2.45, 2.75) is 63.0 Å². The van der Waals surface area contributed by atoms with Gasteiger partial charge < -0.3 is 35.4 Å². The van der Waals surface area contributed by atoms with Gasteiger partial charge in [0.25, 0.3) is 5.91 Å². The molecule has 16 heteroatoms. The van der Waals surface area contributed by atoms with Gasteiger partial charge in [0.05, 0.1) is 28.5 Å². The smallest absolute Gasteiger partial charge is 0.418 e. The van der Waals surface area contributed by atoms with Crippen LogP contribution in [0.1, 0.15) is 41.7 Å². The predicted molar refractivity (Wildman–Crippen MR) is 177 cm³/mol. The molecule has 0 radical (unpaired) electrons. The van der Waals surface area contributed by atoms with Crippen molar-refractivity contribution in [2.24, 2.45) is 0 Å². The van der Waals surface area contributed by atoms with Crippen LogP contribution in [0.5, 0.6) is 0 Å². The summed E-state index contributed by atoms with van der Waals surface area (Å²) in [7, 11) is 2.11. The van der Waals surface area contributed by atoms with Crippen molar-refractivity contribution >= 4 is 52.3 Å². The highest BCUT2D eigenvalue weighted by Crippen LogP contribution is 2.38. The molecule has 0 unspecified atom stereocenters. The summed E-state index contributed by atoms with van der Waals surface area (Å²) in [5.74, 6) is -0.459. The summed E-state index contributed by atoms with van der Waals surface area (Å²) in [6.07, 6.45) is -4.00. The Labute approximate surface area is 286 Å². The fraction of sp³-hybridized carbons (Fsp3) is 0.594. The number of carbonyl (C=O) groups excluding carboxylic acids is 3. The third-order valence-electron chi connectivity index (χ3n) is 9.99. The van der Waals surface area contributed by atoms with E-state index in [9.17, 15) is 27.6 Å². The van der Waals surface area contributed by atoms with E-state index in [-0.39, 0.29) is 29.1 Å². The van der Waals surface area contributed by atoms with Gasteiger partial charge in [-0.25, -0.2) is 9.59 Å². The summed E-state index contributed by atoms with van der Waals surface area (Å²) >= 11 is 7.67. The van der Waals surface area contributed by atoms with Gasteiger partial charge in [0.2, 0.25) is 0 Å². The van der Waals surface area contributed by atoms with Gasteiger partial charge >= 0.3 is 18.3 Å². The second-order valence-corrected chi connectivity index (χ2v) is 14.5. The van der Waals surface area contributed by atoms with E-state index in [1.165, 1.54) is 11.0 Å². The molecule has 1 aromatic heterocycles. The van der Waals surface area contributed by atoms with Crippen molar-refractivity contribution < 1.29 is 32.3 Å². The van der Waals surface area contributed by atoms with Gasteiger partial charge in [-0.1, -0.05) is 11.6 Å². The number of nitrogen functional groups attached to an aromatic ring is 1. The summed E-state index contributed by atoms with van der Waals surface area (Å²) in [6.45, 7) is 5.30. The van der Waals surface area contributed by atoms with E-state index < -0.39 is 35.5 Å². The van der Waals surface area contributed by atoms with E-state index >= 15 is 0 Å². The van der Waals surface area contributed by atoms with Crippen LogP contribution in [0.3, 0.4) is 0 Å². The molecule has 3 saturated heterocycles. The maximum atomic E-state index is 13.9. The van der Waals surface area contributed by atoms with Crippen LogP contribution in [0.25, 0.3) is 0 Å². The number of anilines is 2. The molecule has 48 heavy (non-hydrogen) atoms. The number of piperidine rings is 2. The molecule has 4 aliphatic rings. The van der Waals surface area contributed by atoms with Crippen LogP contribution in [0.4, 0.5) is 34.1 Å². The number of nitrogens with one attached hydrogen (secondary N) is 1. The zero-order valence-corrected chi connectivity index (χ0v) is 28.4. The number of fused-ring (bicyclic) bond motifs is 1. The van der Waals surface area contributed by atoms with Crippen molar-refractivity contribution in [3.63, 3.8) is 0 Å². The van der Waals surface area contributed by atoms with Crippen LogP contribution in [0, 0.1) is 0 Å². The Morgan fingerprint density at radius 1 is 1.02 bits per heavy atom. The minimum Gasteiger partial charge on any atom is -0.436 e. The number of ether oxygens (including phenoxy) is 1. The zero-order chi connectivity index (χ0) is 34.2.